The van der Waals surface area contributed by atoms with E-state index in [1.807, 2.05) is 30.3 Å². The Bertz CT molecular complexity index is 988. The Kier molecular flexibility index (Phi) is 5.85. The van der Waals surface area contributed by atoms with E-state index in [0.717, 1.165) is 23.3 Å². The number of rotatable bonds is 4. The molecule has 0 saturated carbocycles. The number of amidine groups is 1. The first kappa shape index (κ1) is 19.7. The molecule has 0 unspecified atom stereocenters. The van der Waals surface area contributed by atoms with E-state index in [9.17, 15) is 13.2 Å². The van der Waals surface area contributed by atoms with Gasteiger partial charge < -0.3 is 5.73 Å². The normalized spacial score (nSPS) is 12.5. The lowest BCUT2D eigenvalue weighted by Gasteiger charge is -2.08. The first-order valence-corrected chi connectivity index (χ1v) is 8.74. The lowest BCUT2D eigenvalue weighted by atomic mass is 10.0. The first-order valence-electron chi connectivity index (χ1n) is 8.37. The highest BCUT2D eigenvalue weighted by molar-refractivity contribution is 6.30. The van der Waals surface area contributed by atoms with Crippen LogP contribution in [0, 0.1) is 0 Å². The monoisotopic (exact) mass is 400 g/mol. The summed E-state index contributed by atoms with van der Waals surface area (Å²) >= 11 is 5.83. The Balaban J connectivity index is 1.70. The van der Waals surface area contributed by atoms with Gasteiger partial charge in [0.15, 0.2) is 0 Å². The molecule has 0 aromatic heterocycles. The van der Waals surface area contributed by atoms with Crippen molar-refractivity contribution >= 4 is 29.2 Å². The Labute approximate surface area is 165 Å². The van der Waals surface area contributed by atoms with Gasteiger partial charge in [-0.15, -0.1) is 0 Å². The van der Waals surface area contributed by atoms with Gasteiger partial charge in [0, 0.05) is 5.02 Å². The average Bonchev–Trinajstić information content (AvgIpc) is 2.68. The lowest BCUT2D eigenvalue weighted by Crippen LogP contribution is -2.06. The highest BCUT2D eigenvalue weighted by Crippen LogP contribution is 2.31. The number of hydrogen-bond donors (Lipinski definition) is 1. The summed E-state index contributed by atoms with van der Waals surface area (Å²) in [5, 5.41) is 0.626. The molecule has 0 heterocycles. The van der Waals surface area contributed by atoms with Crippen LogP contribution in [-0.2, 0) is 6.18 Å². The van der Waals surface area contributed by atoms with Crippen molar-refractivity contribution in [2.24, 2.45) is 10.7 Å². The maximum absolute atomic E-state index is 12.6. The third-order valence-electron chi connectivity index (χ3n) is 3.99. The predicted molar refractivity (Wildman–Crippen MR) is 109 cm³/mol. The third kappa shape index (κ3) is 5.24. The quantitative estimate of drug-likeness (QED) is 0.382. The zero-order valence-corrected chi connectivity index (χ0v) is 15.4. The summed E-state index contributed by atoms with van der Waals surface area (Å²) < 4.78 is 37.9. The molecule has 3 rings (SSSR count). The van der Waals surface area contributed by atoms with Gasteiger partial charge in [0.25, 0.3) is 0 Å². The summed E-state index contributed by atoms with van der Waals surface area (Å²) in [5.74, 6) is 0.342. The number of hydrogen-bond acceptors (Lipinski definition) is 1. The summed E-state index contributed by atoms with van der Waals surface area (Å²) in [6.07, 6.45) is -0.840. The van der Waals surface area contributed by atoms with Crippen LogP contribution < -0.4 is 5.73 Å². The molecule has 0 aliphatic rings. The Hall–Kier alpha value is -3.05. The highest BCUT2D eigenvalue weighted by Gasteiger charge is 2.29. The van der Waals surface area contributed by atoms with Gasteiger partial charge in [0.2, 0.25) is 0 Å². The second kappa shape index (κ2) is 8.31. The molecule has 0 amide bonds. The second-order valence-electron chi connectivity index (χ2n) is 6.04. The summed E-state index contributed by atoms with van der Waals surface area (Å²) in [7, 11) is 0. The molecule has 28 heavy (non-hydrogen) atoms. The molecule has 2 nitrogen and oxygen atoms in total. The van der Waals surface area contributed by atoms with Crippen LogP contribution in [0.15, 0.2) is 83.9 Å². The summed E-state index contributed by atoms with van der Waals surface area (Å²) in [5.41, 5.74) is 8.37. The Morgan fingerprint density at radius 1 is 0.821 bits per heavy atom. The fraction of sp³-hybridized carbons (Fsp3) is 0.0455. The minimum Gasteiger partial charge on any atom is -0.384 e. The molecule has 0 saturated heterocycles. The zero-order chi connectivity index (χ0) is 20.1. The van der Waals surface area contributed by atoms with Crippen LogP contribution in [0.5, 0.6) is 0 Å². The van der Waals surface area contributed by atoms with Gasteiger partial charge in [-0.1, -0.05) is 54.1 Å². The van der Waals surface area contributed by atoms with E-state index in [1.165, 1.54) is 12.1 Å². The molecule has 2 N–H and O–H groups in total. The highest BCUT2D eigenvalue weighted by atomic mass is 35.5. The van der Waals surface area contributed by atoms with E-state index in [-0.39, 0.29) is 0 Å². The van der Waals surface area contributed by atoms with E-state index in [1.54, 1.807) is 30.3 Å². The number of nitrogens with zero attached hydrogens (tertiary/aromatic N) is 1. The second-order valence-corrected chi connectivity index (χ2v) is 6.48. The fourth-order valence-electron chi connectivity index (χ4n) is 2.52. The van der Waals surface area contributed by atoms with E-state index in [4.69, 9.17) is 17.3 Å². The molecule has 3 aromatic rings. The SMILES string of the molecule is NC(C=Cc1ccc(-c2ccc(C(F)(F)F)cc2)cc1)=Nc1ccc(Cl)cc1. The zero-order valence-electron chi connectivity index (χ0n) is 14.6. The number of halogens is 4. The van der Waals surface area contributed by atoms with Crippen LogP contribution in [0.4, 0.5) is 18.9 Å². The molecule has 0 spiro atoms. The summed E-state index contributed by atoms with van der Waals surface area (Å²) in [6.45, 7) is 0. The van der Waals surface area contributed by atoms with E-state index in [0.29, 0.717) is 22.1 Å². The molecule has 0 radical (unpaired) electrons. The average molecular weight is 401 g/mol. The van der Waals surface area contributed by atoms with E-state index < -0.39 is 11.7 Å². The van der Waals surface area contributed by atoms with Crippen LogP contribution in [-0.4, -0.2) is 5.84 Å². The molecule has 0 aliphatic carbocycles. The Morgan fingerprint density at radius 2 is 1.36 bits per heavy atom. The Morgan fingerprint density at radius 3 is 1.89 bits per heavy atom. The number of benzene rings is 3. The van der Waals surface area contributed by atoms with Crippen molar-refractivity contribution in [2.45, 2.75) is 6.18 Å². The van der Waals surface area contributed by atoms with Gasteiger partial charge >= 0.3 is 6.18 Å². The molecular formula is C22H16ClF3N2. The maximum atomic E-state index is 12.6. The van der Waals surface area contributed by atoms with Crippen molar-refractivity contribution in [1.82, 2.24) is 0 Å². The minimum atomic E-state index is -4.33. The summed E-state index contributed by atoms with van der Waals surface area (Å²) in [4.78, 5) is 4.27. The number of aliphatic imine (C=N–C) groups is 1. The van der Waals surface area contributed by atoms with Crippen molar-refractivity contribution in [2.75, 3.05) is 0 Å². The minimum absolute atomic E-state index is 0.342. The topological polar surface area (TPSA) is 38.4 Å². The van der Waals surface area contributed by atoms with Crippen molar-refractivity contribution in [3.8, 4) is 11.1 Å². The molecule has 3 aromatic carbocycles. The standard InChI is InChI=1S/C22H16ClF3N2/c23-19-10-12-20(13-11-19)28-21(27)14-3-15-1-4-16(5-2-15)17-6-8-18(9-7-17)22(24,25)26/h1-14H,(H2,27,28). The number of alkyl halides is 3. The van der Waals surface area contributed by atoms with Gasteiger partial charge in [-0.05, 0) is 59.2 Å². The first-order chi connectivity index (χ1) is 13.3. The molecule has 142 valence electrons. The molecule has 0 fully saturated rings. The van der Waals surface area contributed by atoms with Crippen LogP contribution in [0.3, 0.4) is 0 Å². The van der Waals surface area contributed by atoms with Crippen LogP contribution in [0.1, 0.15) is 11.1 Å². The third-order valence-corrected chi connectivity index (χ3v) is 4.24. The lowest BCUT2D eigenvalue weighted by molar-refractivity contribution is -0.137. The molecule has 6 heteroatoms. The van der Waals surface area contributed by atoms with Gasteiger partial charge in [-0.2, -0.15) is 13.2 Å². The largest absolute Gasteiger partial charge is 0.416 e. The number of nitrogens with two attached hydrogens (primary N) is 1. The van der Waals surface area contributed by atoms with Gasteiger partial charge in [0.1, 0.15) is 5.84 Å². The van der Waals surface area contributed by atoms with Crippen LogP contribution in [0.25, 0.3) is 17.2 Å². The molecule has 0 atom stereocenters. The molecule has 0 bridgehead atoms. The van der Waals surface area contributed by atoms with E-state index >= 15 is 0 Å². The van der Waals surface area contributed by atoms with Gasteiger partial charge in [-0.25, -0.2) is 4.99 Å². The van der Waals surface area contributed by atoms with Crippen molar-refractivity contribution in [3.63, 3.8) is 0 Å². The fourth-order valence-corrected chi connectivity index (χ4v) is 2.65. The van der Waals surface area contributed by atoms with Crippen LogP contribution in [0.2, 0.25) is 5.02 Å². The van der Waals surface area contributed by atoms with Gasteiger partial charge in [0.05, 0.1) is 11.3 Å². The predicted octanol–water partition coefficient (Wildman–Crippen LogP) is 6.73. The smallest absolute Gasteiger partial charge is 0.384 e. The van der Waals surface area contributed by atoms with Gasteiger partial charge in [-0.3, -0.25) is 0 Å². The summed E-state index contributed by atoms with van der Waals surface area (Å²) in [6, 6.07) is 19.5. The molecule has 0 aliphatic heterocycles. The van der Waals surface area contributed by atoms with Crippen molar-refractivity contribution < 1.29 is 13.2 Å². The molecular weight excluding hydrogens is 385 g/mol. The van der Waals surface area contributed by atoms with Crippen LogP contribution >= 0.6 is 11.6 Å². The van der Waals surface area contributed by atoms with Crippen molar-refractivity contribution in [3.05, 3.63) is 95.0 Å². The van der Waals surface area contributed by atoms with E-state index in [2.05, 4.69) is 4.99 Å². The maximum Gasteiger partial charge on any atom is 0.416 e. The van der Waals surface area contributed by atoms with Crippen molar-refractivity contribution in [1.29, 1.82) is 0 Å².